The first-order valence-corrected chi connectivity index (χ1v) is 9.24. The van der Waals surface area contributed by atoms with E-state index in [1.165, 1.54) is 12.3 Å². The fraction of sp³-hybridized carbons (Fsp3) is 0.174. The normalized spacial score (nSPS) is 10.9. The third-order valence-corrected chi connectivity index (χ3v) is 3.85. The first-order chi connectivity index (χ1) is 13.8. The van der Waals surface area contributed by atoms with Crippen LogP contribution in [-0.4, -0.2) is 22.3 Å². The third kappa shape index (κ3) is 5.65. The van der Waals surface area contributed by atoms with E-state index in [4.69, 9.17) is 4.74 Å². The highest BCUT2D eigenvalue weighted by Crippen LogP contribution is 2.29. The summed E-state index contributed by atoms with van der Waals surface area (Å²) in [5, 5.41) is 5.67. The minimum absolute atomic E-state index is 0.182. The number of benzene rings is 2. The Hall–Kier alpha value is -3.67. The van der Waals surface area contributed by atoms with Gasteiger partial charge in [-0.25, -0.2) is 0 Å². The van der Waals surface area contributed by atoms with Gasteiger partial charge in [0.25, 0.3) is 11.8 Å². The Bertz CT molecular complexity index is 1010. The lowest BCUT2D eigenvalue weighted by Gasteiger charge is -2.20. The summed E-state index contributed by atoms with van der Waals surface area (Å²) >= 11 is 0. The summed E-state index contributed by atoms with van der Waals surface area (Å²) in [7, 11) is 0. The second-order valence-corrected chi connectivity index (χ2v) is 7.50. The molecule has 1 aromatic heterocycles. The first-order valence-electron chi connectivity index (χ1n) is 9.24. The summed E-state index contributed by atoms with van der Waals surface area (Å²) in [6.45, 7) is 5.64. The van der Waals surface area contributed by atoms with Crippen molar-refractivity contribution in [3.05, 3.63) is 84.2 Å². The first kappa shape index (κ1) is 20.1. The maximum absolute atomic E-state index is 12.8. The molecule has 0 aliphatic rings. The van der Waals surface area contributed by atoms with Gasteiger partial charge < -0.3 is 15.4 Å². The largest absolute Gasteiger partial charge is 0.455 e. The zero-order valence-corrected chi connectivity index (χ0v) is 16.6. The Morgan fingerprint density at radius 3 is 2.31 bits per heavy atom. The maximum Gasteiger partial charge on any atom is 0.270 e. The summed E-state index contributed by atoms with van der Waals surface area (Å²) in [6.07, 6.45) is 1.44. The Morgan fingerprint density at radius 2 is 1.59 bits per heavy atom. The lowest BCUT2D eigenvalue weighted by atomic mass is 10.1. The van der Waals surface area contributed by atoms with Crippen molar-refractivity contribution in [1.82, 2.24) is 10.3 Å². The van der Waals surface area contributed by atoms with E-state index in [1.54, 1.807) is 18.2 Å². The number of rotatable bonds is 5. The van der Waals surface area contributed by atoms with Crippen LogP contribution in [0.5, 0.6) is 11.5 Å². The molecular weight excluding hydrogens is 366 g/mol. The molecule has 6 nitrogen and oxygen atoms in total. The fourth-order valence-corrected chi connectivity index (χ4v) is 2.57. The highest BCUT2D eigenvalue weighted by molar-refractivity contribution is 6.06. The Balaban J connectivity index is 1.78. The zero-order chi connectivity index (χ0) is 20.9. The van der Waals surface area contributed by atoms with E-state index in [0.29, 0.717) is 22.7 Å². The second kappa shape index (κ2) is 8.56. The van der Waals surface area contributed by atoms with Crippen LogP contribution in [-0.2, 0) is 0 Å². The van der Waals surface area contributed by atoms with Crippen molar-refractivity contribution >= 4 is 17.5 Å². The van der Waals surface area contributed by atoms with Gasteiger partial charge in [-0.1, -0.05) is 30.3 Å². The molecule has 3 rings (SSSR count). The molecule has 0 aliphatic carbocycles. The van der Waals surface area contributed by atoms with Crippen LogP contribution in [0.3, 0.4) is 0 Å². The molecule has 0 aliphatic heterocycles. The molecule has 1 heterocycles. The summed E-state index contributed by atoms with van der Waals surface area (Å²) in [4.78, 5) is 29.1. The van der Waals surface area contributed by atoms with E-state index >= 15 is 0 Å². The number of hydrogen-bond acceptors (Lipinski definition) is 4. The molecular formula is C23H23N3O3. The van der Waals surface area contributed by atoms with Crippen LogP contribution in [0.1, 0.15) is 41.6 Å². The highest BCUT2D eigenvalue weighted by atomic mass is 16.5. The predicted octanol–water partition coefficient (Wildman–Crippen LogP) is 4.65. The smallest absolute Gasteiger partial charge is 0.270 e. The van der Waals surface area contributed by atoms with Gasteiger partial charge in [0.2, 0.25) is 0 Å². The molecule has 0 fully saturated rings. The molecule has 3 aromatic rings. The molecule has 2 aromatic carbocycles. The number of carbonyl (C=O) groups is 2. The van der Waals surface area contributed by atoms with Gasteiger partial charge in [0.05, 0.1) is 5.69 Å². The number of nitrogens with one attached hydrogen (secondary N) is 2. The van der Waals surface area contributed by atoms with Crippen molar-refractivity contribution in [2.45, 2.75) is 26.3 Å². The van der Waals surface area contributed by atoms with Gasteiger partial charge in [0, 0.05) is 17.3 Å². The topological polar surface area (TPSA) is 80.3 Å². The average Bonchev–Trinajstić information content (AvgIpc) is 2.69. The molecule has 0 saturated heterocycles. The van der Waals surface area contributed by atoms with E-state index < -0.39 is 5.54 Å². The zero-order valence-electron chi connectivity index (χ0n) is 16.6. The number of para-hydroxylation sites is 3. The van der Waals surface area contributed by atoms with Crippen LogP contribution in [0.2, 0.25) is 0 Å². The standard InChI is InChI=1S/C23H23N3O3/c1-23(2,3)26-22(28)19-15-16(13-14-24-19)21(27)25-18-11-7-8-12-20(18)29-17-9-5-4-6-10-17/h4-15H,1-3H3,(H,25,27)(H,26,28). The van der Waals surface area contributed by atoms with Gasteiger partial charge in [0.1, 0.15) is 11.4 Å². The average molecular weight is 389 g/mol. The van der Waals surface area contributed by atoms with Gasteiger partial charge in [-0.3, -0.25) is 14.6 Å². The number of nitrogens with zero attached hydrogens (tertiary/aromatic N) is 1. The predicted molar refractivity (Wildman–Crippen MR) is 112 cm³/mol. The van der Waals surface area contributed by atoms with Crippen LogP contribution < -0.4 is 15.4 Å². The van der Waals surface area contributed by atoms with E-state index in [9.17, 15) is 9.59 Å². The Labute approximate surface area is 169 Å². The fourth-order valence-electron chi connectivity index (χ4n) is 2.57. The summed E-state index contributed by atoms with van der Waals surface area (Å²) < 4.78 is 5.87. The summed E-state index contributed by atoms with van der Waals surface area (Å²) in [6, 6.07) is 19.5. The number of carbonyl (C=O) groups excluding carboxylic acids is 2. The number of ether oxygens (including phenoxy) is 1. The molecule has 0 saturated carbocycles. The van der Waals surface area contributed by atoms with Crippen molar-refractivity contribution in [3.63, 3.8) is 0 Å². The summed E-state index contributed by atoms with van der Waals surface area (Å²) in [5.41, 5.74) is 0.638. The molecule has 0 radical (unpaired) electrons. The molecule has 6 heteroatoms. The molecule has 0 spiro atoms. The van der Waals surface area contributed by atoms with E-state index in [0.717, 1.165) is 0 Å². The van der Waals surface area contributed by atoms with Crippen molar-refractivity contribution in [3.8, 4) is 11.5 Å². The minimum Gasteiger partial charge on any atom is -0.455 e. The van der Waals surface area contributed by atoms with Gasteiger partial charge in [-0.05, 0) is 57.2 Å². The highest BCUT2D eigenvalue weighted by Gasteiger charge is 2.18. The molecule has 0 bridgehead atoms. The van der Waals surface area contributed by atoms with Crippen molar-refractivity contribution in [1.29, 1.82) is 0 Å². The minimum atomic E-state index is -0.398. The quantitative estimate of drug-likeness (QED) is 0.665. The van der Waals surface area contributed by atoms with Crippen LogP contribution >= 0.6 is 0 Å². The van der Waals surface area contributed by atoms with Crippen molar-refractivity contribution in [2.75, 3.05) is 5.32 Å². The van der Waals surface area contributed by atoms with Gasteiger partial charge >= 0.3 is 0 Å². The maximum atomic E-state index is 12.8. The lowest BCUT2D eigenvalue weighted by Crippen LogP contribution is -2.41. The molecule has 148 valence electrons. The van der Waals surface area contributed by atoms with Gasteiger partial charge in [0.15, 0.2) is 5.75 Å². The van der Waals surface area contributed by atoms with Gasteiger partial charge in [-0.15, -0.1) is 0 Å². The number of hydrogen-bond donors (Lipinski definition) is 2. The molecule has 29 heavy (non-hydrogen) atoms. The SMILES string of the molecule is CC(C)(C)NC(=O)c1cc(C(=O)Nc2ccccc2Oc2ccccc2)ccn1. The van der Waals surface area contributed by atoms with Gasteiger partial charge in [-0.2, -0.15) is 0 Å². The van der Waals surface area contributed by atoms with E-state index in [1.807, 2.05) is 63.2 Å². The van der Waals surface area contributed by atoms with Crippen LogP contribution in [0.25, 0.3) is 0 Å². The monoisotopic (exact) mass is 389 g/mol. The van der Waals surface area contributed by atoms with Crippen LogP contribution in [0.15, 0.2) is 72.9 Å². The number of anilines is 1. The van der Waals surface area contributed by atoms with Crippen molar-refractivity contribution < 1.29 is 14.3 Å². The lowest BCUT2D eigenvalue weighted by molar-refractivity contribution is 0.0914. The van der Waals surface area contributed by atoms with Crippen molar-refractivity contribution in [2.24, 2.45) is 0 Å². The summed E-state index contributed by atoms with van der Waals surface area (Å²) in [5.74, 6) is 0.493. The van der Waals surface area contributed by atoms with Crippen LogP contribution in [0, 0.1) is 0 Å². The third-order valence-electron chi connectivity index (χ3n) is 3.85. The Morgan fingerprint density at radius 1 is 0.897 bits per heavy atom. The van der Waals surface area contributed by atoms with Crippen LogP contribution in [0.4, 0.5) is 5.69 Å². The number of pyridine rings is 1. The second-order valence-electron chi connectivity index (χ2n) is 7.50. The number of aromatic nitrogens is 1. The Kier molecular flexibility index (Phi) is 5.93. The number of amides is 2. The molecule has 0 atom stereocenters. The molecule has 2 amide bonds. The van der Waals surface area contributed by atoms with E-state index in [2.05, 4.69) is 15.6 Å². The molecule has 0 unspecified atom stereocenters. The molecule has 2 N–H and O–H groups in total. The van der Waals surface area contributed by atoms with E-state index in [-0.39, 0.29) is 17.5 Å².